The molecule has 1 aromatic carbocycles. The minimum atomic E-state index is 0.228. The zero-order chi connectivity index (χ0) is 13.1. The molecule has 0 aromatic heterocycles. The molecule has 0 radical (unpaired) electrons. The van der Waals surface area contributed by atoms with Gasteiger partial charge in [0.05, 0.1) is 5.60 Å². The highest BCUT2D eigenvalue weighted by Gasteiger charge is 2.42. The summed E-state index contributed by atoms with van der Waals surface area (Å²) in [6.45, 7) is 2.33. The Kier molecular flexibility index (Phi) is 3.90. The van der Waals surface area contributed by atoms with Crippen LogP contribution < -0.4 is 5.32 Å². The van der Waals surface area contributed by atoms with E-state index in [4.69, 9.17) is 4.74 Å². The number of aryl methyl sites for hydroxylation is 1. The summed E-state index contributed by atoms with van der Waals surface area (Å²) in [5.74, 6) is 0.719. The smallest absolute Gasteiger partial charge is 0.0684 e. The first-order valence-corrected chi connectivity index (χ1v) is 7.66. The molecule has 1 heterocycles. The van der Waals surface area contributed by atoms with E-state index in [2.05, 4.69) is 29.6 Å². The van der Waals surface area contributed by atoms with Crippen LogP contribution in [0.1, 0.15) is 49.1 Å². The molecule has 19 heavy (non-hydrogen) atoms. The molecule has 1 saturated carbocycles. The molecule has 1 aliphatic heterocycles. The molecular formula is C17H25NO. The van der Waals surface area contributed by atoms with Crippen molar-refractivity contribution >= 4 is 0 Å². The standard InChI is InChI=1S/C17H25NO/c1-19-17(10-11-17)9-8-14-4-6-15(7-5-14)16-3-2-12-18-13-16/h4-7,16,18H,2-3,8-13H2,1H3. The van der Waals surface area contributed by atoms with Gasteiger partial charge in [-0.25, -0.2) is 0 Å². The number of rotatable bonds is 5. The van der Waals surface area contributed by atoms with Crippen molar-refractivity contribution in [3.05, 3.63) is 35.4 Å². The van der Waals surface area contributed by atoms with Gasteiger partial charge < -0.3 is 10.1 Å². The third kappa shape index (κ3) is 3.18. The van der Waals surface area contributed by atoms with Gasteiger partial charge in [0, 0.05) is 13.7 Å². The van der Waals surface area contributed by atoms with E-state index < -0.39 is 0 Å². The van der Waals surface area contributed by atoms with Crippen LogP contribution in [-0.2, 0) is 11.2 Å². The lowest BCUT2D eigenvalue weighted by Crippen LogP contribution is -2.28. The van der Waals surface area contributed by atoms with Crippen LogP contribution in [0.15, 0.2) is 24.3 Å². The van der Waals surface area contributed by atoms with Crippen molar-refractivity contribution in [2.75, 3.05) is 20.2 Å². The molecule has 1 atom stereocenters. The lowest BCUT2D eigenvalue weighted by atomic mass is 9.90. The SMILES string of the molecule is COC1(CCc2ccc(C3CCCNC3)cc2)CC1. The Morgan fingerprint density at radius 1 is 1.26 bits per heavy atom. The van der Waals surface area contributed by atoms with Crippen LogP contribution in [-0.4, -0.2) is 25.8 Å². The first-order chi connectivity index (χ1) is 9.31. The first kappa shape index (κ1) is 13.1. The fourth-order valence-electron chi connectivity index (χ4n) is 3.16. The number of hydrogen-bond donors (Lipinski definition) is 1. The van der Waals surface area contributed by atoms with Crippen LogP contribution in [0, 0.1) is 0 Å². The van der Waals surface area contributed by atoms with Crippen molar-refractivity contribution in [3.63, 3.8) is 0 Å². The maximum Gasteiger partial charge on any atom is 0.0684 e. The normalized spacial score (nSPS) is 25.2. The average Bonchev–Trinajstić information content (AvgIpc) is 3.27. The maximum atomic E-state index is 5.58. The van der Waals surface area contributed by atoms with E-state index in [0.717, 1.165) is 18.9 Å². The van der Waals surface area contributed by atoms with Gasteiger partial charge in [-0.2, -0.15) is 0 Å². The topological polar surface area (TPSA) is 21.3 Å². The van der Waals surface area contributed by atoms with E-state index in [0.29, 0.717) is 0 Å². The summed E-state index contributed by atoms with van der Waals surface area (Å²) in [4.78, 5) is 0. The third-order valence-electron chi connectivity index (χ3n) is 4.86. The molecule has 0 bridgehead atoms. The van der Waals surface area contributed by atoms with Gasteiger partial charge in [-0.1, -0.05) is 24.3 Å². The summed E-state index contributed by atoms with van der Waals surface area (Å²) < 4.78 is 5.58. The molecule has 1 saturated heterocycles. The fraction of sp³-hybridized carbons (Fsp3) is 0.647. The average molecular weight is 259 g/mol. The van der Waals surface area contributed by atoms with Crippen molar-refractivity contribution in [1.82, 2.24) is 5.32 Å². The molecule has 0 spiro atoms. The summed E-state index contributed by atoms with van der Waals surface area (Å²) in [5, 5.41) is 3.49. The van der Waals surface area contributed by atoms with Crippen LogP contribution in [0.5, 0.6) is 0 Å². The number of nitrogens with one attached hydrogen (secondary N) is 1. The maximum absolute atomic E-state index is 5.58. The molecule has 3 rings (SSSR count). The van der Waals surface area contributed by atoms with Crippen molar-refractivity contribution in [2.45, 2.75) is 50.0 Å². The summed E-state index contributed by atoms with van der Waals surface area (Å²) >= 11 is 0. The molecule has 1 N–H and O–H groups in total. The Hall–Kier alpha value is -0.860. The zero-order valence-corrected chi connectivity index (χ0v) is 12.0. The highest BCUT2D eigenvalue weighted by atomic mass is 16.5. The van der Waals surface area contributed by atoms with Crippen molar-refractivity contribution in [3.8, 4) is 0 Å². The summed E-state index contributed by atoms with van der Waals surface area (Å²) in [7, 11) is 1.85. The van der Waals surface area contributed by atoms with Crippen LogP contribution >= 0.6 is 0 Å². The van der Waals surface area contributed by atoms with Gasteiger partial charge in [-0.3, -0.25) is 0 Å². The number of ether oxygens (including phenoxy) is 1. The minimum absolute atomic E-state index is 0.228. The Morgan fingerprint density at radius 2 is 2.05 bits per heavy atom. The lowest BCUT2D eigenvalue weighted by molar-refractivity contribution is 0.0731. The van der Waals surface area contributed by atoms with Crippen LogP contribution in [0.4, 0.5) is 0 Å². The Balaban J connectivity index is 1.56. The third-order valence-corrected chi connectivity index (χ3v) is 4.86. The van der Waals surface area contributed by atoms with Crippen molar-refractivity contribution in [1.29, 1.82) is 0 Å². The van der Waals surface area contributed by atoms with Gasteiger partial charge in [-0.15, -0.1) is 0 Å². The molecule has 2 fully saturated rings. The van der Waals surface area contributed by atoms with Crippen molar-refractivity contribution in [2.24, 2.45) is 0 Å². The molecule has 1 unspecified atom stereocenters. The van der Waals surface area contributed by atoms with Gasteiger partial charge >= 0.3 is 0 Å². The van der Waals surface area contributed by atoms with E-state index in [1.165, 1.54) is 49.8 Å². The molecule has 0 amide bonds. The molecule has 1 aliphatic carbocycles. The summed E-state index contributed by atoms with van der Waals surface area (Å²) in [6.07, 6.45) is 7.46. The molecule has 104 valence electrons. The van der Waals surface area contributed by atoms with Gasteiger partial charge in [0.2, 0.25) is 0 Å². The monoisotopic (exact) mass is 259 g/mol. The predicted octanol–water partition coefficient (Wildman–Crippen LogP) is 3.27. The van der Waals surface area contributed by atoms with E-state index in [9.17, 15) is 0 Å². The summed E-state index contributed by atoms with van der Waals surface area (Å²) in [6, 6.07) is 9.30. The zero-order valence-electron chi connectivity index (χ0n) is 12.0. The molecule has 2 aliphatic rings. The van der Waals surface area contributed by atoms with Gasteiger partial charge in [0.1, 0.15) is 0 Å². The first-order valence-electron chi connectivity index (χ1n) is 7.66. The molecule has 2 heteroatoms. The van der Waals surface area contributed by atoms with Gasteiger partial charge in [0.25, 0.3) is 0 Å². The van der Waals surface area contributed by atoms with E-state index >= 15 is 0 Å². The van der Waals surface area contributed by atoms with Crippen LogP contribution in [0.2, 0.25) is 0 Å². The molecule has 2 nitrogen and oxygen atoms in total. The number of piperidine rings is 1. The lowest BCUT2D eigenvalue weighted by Gasteiger charge is -2.23. The van der Waals surface area contributed by atoms with Crippen LogP contribution in [0.3, 0.4) is 0 Å². The molecule has 1 aromatic rings. The van der Waals surface area contributed by atoms with E-state index in [-0.39, 0.29) is 5.60 Å². The number of benzene rings is 1. The highest BCUT2D eigenvalue weighted by molar-refractivity contribution is 5.26. The largest absolute Gasteiger partial charge is 0.378 e. The second-order valence-electron chi connectivity index (χ2n) is 6.17. The Morgan fingerprint density at radius 3 is 2.63 bits per heavy atom. The Labute approximate surface area is 116 Å². The second kappa shape index (κ2) is 5.64. The number of methoxy groups -OCH3 is 1. The summed E-state index contributed by atoms with van der Waals surface area (Å²) in [5.41, 5.74) is 3.19. The van der Waals surface area contributed by atoms with E-state index in [1.807, 2.05) is 7.11 Å². The van der Waals surface area contributed by atoms with Gasteiger partial charge in [-0.05, 0) is 62.1 Å². The quantitative estimate of drug-likeness (QED) is 0.876. The second-order valence-corrected chi connectivity index (χ2v) is 6.17. The van der Waals surface area contributed by atoms with Crippen molar-refractivity contribution < 1.29 is 4.74 Å². The predicted molar refractivity (Wildman–Crippen MR) is 78.6 cm³/mol. The minimum Gasteiger partial charge on any atom is -0.378 e. The number of hydrogen-bond acceptors (Lipinski definition) is 2. The Bertz CT molecular complexity index is 402. The van der Waals surface area contributed by atoms with E-state index in [1.54, 1.807) is 0 Å². The fourth-order valence-corrected chi connectivity index (χ4v) is 3.16. The molecular weight excluding hydrogens is 234 g/mol. The van der Waals surface area contributed by atoms with Gasteiger partial charge in [0.15, 0.2) is 0 Å². The highest BCUT2D eigenvalue weighted by Crippen LogP contribution is 2.42. The van der Waals surface area contributed by atoms with Crippen LogP contribution in [0.25, 0.3) is 0 Å².